The van der Waals surface area contributed by atoms with Gasteiger partial charge in [0.2, 0.25) is 0 Å². The Kier molecular flexibility index (Phi) is 32.7. The summed E-state index contributed by atoms with van der Waals surface area (Å²) in [5.41, 5.74) is 0. The molecule has 0 aliphatic rings. The number of ether oxygens (including phenoxy) is 2. The van der Waals surface area contributed by atoms with Crippen molar-refractivity contribution in [1.82, 2.24) is 0 Å². The molecule has 0 amide bonds. The fourth-order valence-corrected chi connectivity index (χ4v) is 4.29. The lowest BCUT2D eigenvalue weighted by Crippen LogP contribution is -2.25. The SMILES string of the molecule is CCCC/C=C/C=C/C=C/CCCCCCCC(=O)OCC(O)COC(=O)CCCCCCC/C=C/C=C/C=C/CCCC. The molecule has 0 aromatic heterocycles. The number of aliphatic hydroxyl groups excluding tert-OH is 1. The van der Waals surface area contributed by atoms with Gasteiger partial charge in [0.15, 0.2) is 0 Å². The smallest absolute Gasteiger partial charge is 0.305 e. The Balaban J connectivity index is 3.56. The third-order valence-corrected chi connectivity index (χ3v) is 7.04. The van der Waals surface area contributed by atoms with Crippen LogP contribution in [0.25, 0.3) is 0 Å². The predicted octanol–water partition coefficient (Wildman–Crippen LogP) is 10.6. The van der Waals surface area contributed by atoms with Gasteiger partial charge in [0.25, 0.3) is 0 Å². The third-order valence-electron chi connectivity index (χ3n) is 7.04. The fraction of sp³-hybridized carbons (Fsp3) is 0.641. The van der Waals surface area contributed by atoms with E-state index in [1.807, 2.05) is 0 Å². The van der Waals surface area contributed by atoms with E-state index >= 15 is 0 Å². The van der Waals surface area contributed by atoms with Gasteiger partial charge in [-0.1, -0.05) is 151 Å². The minimum absolute atomic E-state index is 0.138. The van der Waals surface area contributed by atoms with E-state index in [0.717, 1.165) is 89.9 Å². The number of hydrogen-bond acceptors (Lipinski definition) is 5. The van der Waals surface area contributed by atoms with Crippen LogP contribution in [0.5, 0.6) is 0 Å². The van der Waals surface area contributed by atoms with E-state index in [1.165, 1.54) is 25.7 Å². The molecular formula is C39H64O5. The van der Waals surface area contributed by atoms with Gasteiger partial charge in [-0.2, -0.15) is 0 Å². The van der Waals surface area contributed by atoms with Crippen molar-refractivity contribution in [2.24, 2.45) is 0 Å². The number of carbonyl (C=O) groups is 2. The molecule has 0 saturated carbocycles. The molecule has 0 aromatic carbocycles. The number of allylic oxidation sites excluding steroid dienone is 12. The van der Waals surface area contributed by atoms with Gasteiger partial charge < -0.3 is 14.6 Å². The Hall–Kier alpha value is -2.66. The highest BCUT2D eigenvalue weighted by molar-refractivity contribution is 5.69. The summed E-state index contributed by atoms with van der Waals surface area (Å²) in [6.45, 7) is 4.13. The molecule has 0 bridgehead atoms. The van der Waals surface area contributed by atoms with Crippen LogP contribution in [0, 0.1) is 0 Å². The average Bonchev–Trinajstić information content (AvgIpc) is 3.02. The van der Waals surface area contributed by atoms with Gasteiger partial charge in [-0.15, -0.1) is 0 Å². The van der Waals surface area contributed by atoms with E-state index in [-0.39, 0.29) is 25.2 Å². The molecule has 5 heteroatoms. The lowest BCUT2D eigenvalue weighted by Gasteiger charge is -2.12. The number of aliphatic hydroxyl groups is 1. The minimum atomic E-state index is -0.983. The summed E-state index contributed by atoms with van der Waals surface area (Å²) >= 11 is 0. The first-order chi connectivity index (χ1) is 21.6. The van der Waals surface area contributed by atoms with Crippen molar-refractivity contribution in [3.8, 4) is 0 Å². The first-order valence-electron chi connectivity index (χ1n) is 17.6. The first kappa shape index (κ1) is 41.3. The fourth-order valence-electron chi connectivity index (χ4n) is 4.29. The molecule has 0 aromatic rings. The quantitative estimate of drug-likeness (QED) is 0.0496. The van der Waals surface area contributed by atoms with Crippen LogP contribution in [0.1, 0.15) is 142 Å². The molecular weight excluding hydrogens is 548 g/mol. The monoisotopic (exact) mass is 612 g/mol. The Morgan fingerprint density at radius 3 is 1.16 bits per heavy atom. The van der Waals surface area contributed by atoms with Gasteiger partial charge in [-0.05, 0) is 51.4 Å². The van der Waals surface area contributed by atoms with Crippen molar-refractivity contribution in [2.75, 3.05) is 13.2 Å². The van der Waals surface area contributed by atoms with Crippen LogP contribution in [-0.2, 0) is 19.1 Å². The first-order valence-corrected chi connectivity index (χ1v) is 17.6. The summed E-state index contributed by atoms with van der Waals surface area (Å²) in [6, 6.07) is 0. The molecule has 0 radical (unpaired) electrons. The molecule has 0 heterocycles. The maximum absolute atomic E-state index is 11.9. The Morgan fingerprint density at radius 2 is 0.795 bits per heavy atom. The lowest BCUT2D eigenvalue weighted by atomic mass is 10.1. The average molecular weight is 613 g/mol. The van der Waals surface area contributed by atoms with E-state index < -0.39 is 6.10 Å². The zero-order chi connectivity index (χ0) is 32.2. The van der Waals surface area contributed by atoms with E-state index in [0.29, 0.717) is 12.8 Å². The van der Waals surface area contributed by atoms with Gasteiger partial charge in [0, 0.05) is 12.8 Å². The number of carbonyl (C=O) groups excluding carboxylic acids is 2. The van der Waals surface area contributed by atoms with Gasteiger partial charge in [-0.3, -0.25) is 9.59 Å². The van der Waals surface area contributed by atoms with Crippen LogP contribution in [0.4, 0.5) is 0 Å². The molecule has 0 spiro atoms. The zero-order valence-corrected chi connectivity index (χ0v) is 28.1. The van der Waals surface area contributed by atoms with Crippen molar-refractivity contribution in [2.45, 2.75) is 148 Å². The second-order valence-corrected chi connectivity index (χ2v) is 11.4. The lowest BCUT2D eigenvalue weighted by molar-refractivity contribution is -0.152. The van der Waals surface area contributed by atoms with Crippen molar-refractivity contribution < 1.29 is 24.2 Å². The molecule has 44 heavy (non-hydrogen) atoms. The largest absolute Gasteiger partial charge is 0.463 e. The standard InChI is InChI=1S/C39H64O5/c1-3-5-7-9-11-13-15-17-19-21-23-25-27-29-31-33-38(41)43-35-37(40)36-44-39(42)34-32-30-28-26-24-22-20-18-16-14-12-10-8-6-4-2/h9-20,37,40H,3-8,21-36H2,1-2H3/b11-9+,12-10+,15-13+,16-14+,19-17+,20-18+. The summed E-state index contributed by atoms with van der Waals surface area (Å²) in [6.07, 6.45) is 45.1. The van der Waals surface area contributed by atoms with Gasteiger partial charge in [0.05, 0.1) is 0 Å². The highest BCUT2D eigenvalue weighted by Crippen LogP contribution is 2.10. The maximum Gasteiger partial charge on any atom is 0.305 e. The van der Waals surface area contributed by atoms with Crippen LogP contribution in [-0.4, -0.2) is 36.4 Å². The van der Waals surface area contributed by atoms with Crippen LogP contribution in [0.3, 0.4) is 0 Å². The van der Waals surface area contributed by atoms with Gasteiger partial charge in [-0.25, -0.2) is 0 Å². The topological polar surface area (TPSA) is 72.8 Å². The molecule has 0 atom stereocenters. The van der Waals surface area contributed by atoms with Crippen molar-refractivity contribution in [1.29, 1.82) is 0 Å². The Bertz CT molecular complexity index is 765. The van der Waals surface area contributed by atoms with Crippen LogP contribution >= 0.6 is 0 Å². The van der Waals surface area contributed by atoms with Crippen LogP contribution in [0.15, 0.2) is 72.9 Å². The number of esters is 2. The molecule has 5 nitrogen and oxygen atoms in total. The highest BCUT2D eigenvalue weighted by atomic mass is 16.6. The third kappa shape index (κ3) is 33.8. The molecule has 0 fully saturated rings. The molecule has 250 valence electrons. The summed E-state index contributed by atoms with van der Waals surface area (Å²) < 4.78 is 10.3. The molecule has 0 rings (SSSR count). The summed E-state index contributed by atoms with van der Waals surface area (Å²) in [7, 11) is 0. The molecule has 0 aliphatic carbocycles. The summed E-state index contributed by atoms with van der Waals surface area (Å²) in [5, 5.41) is 9.97. The summed E-state index contributed by atoms with van der Waals surface area (Å²) in [5.74, 6) is -0.619. The van der Waals surface area contributed by atoms with Crippen LogP contribution < -0.4 is 0 Å². The Labute approximate surface area is 270 Å². The second-order valence-electron chi connectivity index (χ2n) is 11.4. The van der Waals surface area contributed by atoms with E-state index in [9.17, 15) is 14.7 Å². The normalized spacial score (nSPS) is 12.5. The highest BCUT2D eigenvalue weighted by Gasteiger charge is 2.12. The number of unbranched alkanes of at least 4 members (excludes halogenated alkanes) is 14. The van der Waals surface area contributed by atoms with Crippen LogP contribution in [0.2, 0.25) is 0 Å². The van der Waals surface area contributed by atoms with Crippen molar-refractivity contribution >= 4 is 11.9 Å². The summed E-state index contributed by atoms with van der Waals surface area (Å²) in [4.78, 5) is 23.8. The van der Waals surface area contributed by atoms with Gasteiger partial charge >= 0.3 is 11.9 Å². The van der Waals surface area contributed by atoms with Gasteiger partial charge in [0.1, 0.15) is 19.3 Å². The minimum Gasteiger partial charge on any atom is -0.463 e. The Morgan fingerprint density at radius 1 is 0.477 bits per heavy atom. The number of rotatable bonds is 30. The number of hydrogen-bond donors (Lipinski definition) is 1. The van der Waals surface area contributed by atoms with E-state index in [2.05, 4.69) is 86.8 Å². The molecule has 0 aliphatic heterocycles. The van der Waals surface area contributed by atoms with E-state index in [4.69, 9.17) is 9.47 Å². The second kappa shape index (κ2) is 34.8. The van der Waals surface area contributed by atoms with E-state index in [1.54, 1.807) is 0 Å². The molecule has 0 saturated heterocycles. The molecule has 0 unspecified atom stereocenters. The van der Waals surface area contributed by atoms with Crippen molar-refractivity contribution in [3.63, 3.8) is 0 Å². The molecule has 1 N–H and O–H groups in total. The van der Waals surface area contributed by atoms with Crippen molar-refractivity contribution in [3.05, 3.63) is 72.9 Å². The zero-order valence-electron chi connectivity index (χ0n) is 28.1. The predicted molar refractivity (Wildman–Crippen MR) is 186 cm³/mol. The maximum atomic E-state index is 11.9.